The molecule has 0 aliphatic heterocycles. The summed E-state index contributed by atoms with van der Waals surface area (Å²) in [5.41, 5.74) is -0.0307. The van der Waals surface area contributed by atoms with Crippen molar-refractivity contribution in [1.29, 1.82) is 0 Å². The Morgan fingerprint density at radius 3 is 2.33 bits per heavy atom. The third-order valence-electron chi connectivity index (χ3n) is 3.77. The summed E-state index contributed by atoms with van der Waals surface area (Å²) in [6, 6.07) is -0.0154. The van der Waals surface area contributed by atoms with Crippen LogP contribution in [-0.2, 0) is 9.59 Å². The van der Waals surface area contributed by atoms with E-state index >= 15 is 0 Å². The van der Waals surface area contributed by atoms with E-state index in [-0.39, 0.29) is 29.8 Å². The van der Waals surface area contributed by atoms with Crippen molar-refractivity contribution in [3.63, 3.8) is 0 Å². The van der Waals surface area contributed by atoms with Crippen LogP contribution in [0, 0.1) is 5.41 Å². The molecule has 5 nitrogen and oxygen atoms in total. The Labute approximate surface area is 128 Å². The molecule has 2 unspecified atom stereocenters. The van der Waals surface area contributed by atoms with Gasteiger partial charge in [0, 0.05) is 12.5 Å². The van der Waals surface area contributed by atoms with E-state index in [0.717, 1.165) is 19.3 Å². The fourth-order valence-corrected chi connectivity index (χ4v) is 2.16. The zero-order chi connectivity index (χ0) is 16.5. The molecule has 1 amide bonds. The minimum Gasteiger partial charge on any atom is -0.481 e. The van der Waals surface area contributed by atoms with Crippen molar-refractivity contribution in [2.75, 3.05) is 6.54 Å². The Kier molecular flexibility index (Phi) is 9.26. The molecule has 0 saturated carbocycles. The Bertz CT molecular complexity index is 329. The van der Waals surface area contributed by atoms with Crippen LogP contribution >= 0.6 is 0 Å². The van der Waals surface area contributed by atoms with Crippen molar-refractivity contribution in [2.24, 2.45) is 5.41 Å². The van der Waals surface area contributed by atoms with Gasteiger partial charge >= 0.3 is 5.97 Å². The van der Waals surface area contributed by atoms with E-state index in [9.17, 15) is 9.59 Å². The quantitative estimate of drug-likeness (QED) is 0.548. The van der Waals surface area contributed by atoms with Crippen LogP contribution in [-0.4, -0.2) is 35.6 Å². The number of hydrogen-bond donors (Lipinski definition) is 3. The SMILES string of the molecule is CCCC(C)NC(=O)C(C)NCCC(C)(C)CCC(=O)O. The number of amides is 1. The molecule has 0 heterocycles. The molecule has 0 aliphatic carbocycles. The molecular formula is C16H32N2O3. The van der Waals surface area contributed by atoms with Gasteiger partial charge in [-0.1, -0.05) is 27.2 Å². The van der Waals surface area contributed by atoms with Crippen LogP contribution in [0.5, 0.6) is 0 Å². The molecule has 21 heavy (non-hydrogen) atoms. The van der Waals surface area contributed by atoms with Crippen molar-refractivity contribution in [3.05, 3.63) is 0 Å². The second-order valence-electron chi connectivity index (χ2n) is 6.68. The van der Waals surface area contributed by atoms with Crippen LogP contribution in [0.2, 0.25) is 0 Å². The van der Waals surface area contributed by atoms with Crippen molar-refractivity contribution in [1.82, 2.24) is 10.6 Å². The van der Waals surface area contributed by atoms with Gasteiger partial charge in [-0.2, -0.15) is 0 Å². The second kappa shape index (κ2) is 9.77. The van der Waals surface area contributed by atoms with Gasteiger partial charge in [0.1, 0.15) is 0 Å². The lowest BCUT2D eigenvalue weighted by Crippen LogP contribution is -2.46. The predicted octanol–water partition coefficient (Wildman–Crippen LogP) is 2.55. The molecule has 0 rings (SSSR count). The van der Waals surface area contributed by atoms with E-state index in [1.807, 2.05) is 13.8 Å². The molecule has 0 aliphatic rings. The van der Waals surface area contributed by atoms with Crippen molar-refractivity contribution in [3.8, 4) is 0 Å². The largest absolute Gasteiger partial charge is 0.481 e. The van der Waals surface area contributed by atoms with Gasteiger partial charge in [0.05, 0.1) is 6.04 Å². The number of carboxylic acid groups (broad SMARTS) is 1. The summed E-state index contributed by atoms with van der Waals surface area (Å²) in [5.74, 6) is -0.729. The summed E-state index contributed by atoms with van der Waals surface area (Å²) in [6.07, 6.45) is 3.74. The number of aliphatic carboxylic acids is 1. The molecule has 0 radical (unpaired) electrons. The van der Waals surface area contributed by atoms with E-state index in [4.69, 9.17) is 5.11 Å². The molecule has 0 aromatic heterocycles. The van der Waals surface area contributed by atoms with Crippen LogP contribution in [0.1, 0.15) is 66.7 Å². The smallest absolute Gasteiger partial charge is 0.303 e. The van der Waals surface area contributed by atoms with E-state index < -0.39 is 5.97 Å². The van der Waals surface area contributed by atoms with Crippen LogP contribution in [0.3, 0.4) is 0 Å². The summed E-state index contributed by atoms with van der Waals surface area (Å²) in [5, 5.41) is 14.9. The van der Waals surface area contributed by atoms with E-state index in [1.54, 1.807) is 0 Å². The van der Waals surface area contributed by atoms with Gasteiger partial charge < -0.3 is 15.7 Å². The van der Waals surface area contributed by atoms with Crippen molar-refractivity contribution >= 4 is 11.9 Å². The maximum absolute atomic E-state index is 11.9. The minimum absolute atomic E-state index is 0.0271. The van der Waals surface area contributed by atoms with Crippen LogP contribution in [0.15, 0.2) is 0 Å². The number of nitrogens with one attached hydrogen (secondary N) is 2. The average molecular weight is 300 g/mol. The molecule has 0 fully saturated rings. The number of carbonyl (C=O) groups is 2. The van der Waals surface area contributed by atoms with Gasteiger partial charge in [-0.05, 0) is 45.1 Å². The fraction of sp³-hybridized carbons (Fsp3) is 0.875. The number of rotatable bonds is 11. The van der Waals surface area contributed by atoms with Crippen LogP contribution in [0.4, 0.5) is 0 Å². The molecule has 0 saturated heterocycles. The van der Waals surface area contributed by atoms with Gasteiger partial charge in [-0.3, -0.25) is 9.59 Å². The summed E-state index contributed by atoms with van der Waals surface area (Å²) in [4.78, 5) is 22.6. The monoisotopic (exact) mass is 300 g/mol. The molecule has 0 aromatic carbocycles. The van der Waals surface area contributed by atoms with Gasteiger partial charge in [0.25, 0.3) is 0 Å². The second-order valence-corrected chi connectivity index (χ2v) is 6.68. The fourth-order valence-electron chi connectivity index (χ4n) is 2.16. The molecule has 124 valence electrons. The number of carboxylic acids is 1. The maximum atomic E-state index is 11.9. The first-order valence-electron chi connectivity index (χ1n) is 7.93. The zero-order valence-electron chi connectivity index (χ0n) is 14.2. The molecule has 0 spiro atoms. The van der Waals surface area contributed by atoms with Crippen molar-refractivity contribution in [2.45, 2.75) is 78.8 Å². The molecule has 0 bridgehead atoms. The number of carbonyl (C=O) groups excluding carboxylic acids is 1. The topological polar surface area (TPSA) is 78.4 Å². The summed E-state index contributed by atoms with van der Waals surface area (Å²) >= 11 is 0. The summed E-state index contributed by atoms with van der Waals surface area (Å²) < 4.78 is 0. The maximum Gasteiger partial charge on any atom is 0.303 e. The first-order chi connectivity index (χ1) is 9.68. The van der Waals surface area contributed by atoms with Gasteiger partial charge in [-0.25, -0.2) is 0 Å². The van der Waals surface area contributed by atoms with E-state index in [2.05, 4.69) is 31.4 Å². The lowest BCUT2D eigenvalue weighted by atomic mass is 9.84. The standard InChI is InChI=1S/C16H32N2O3/c1-6-7-12(2)18-15(21)13(3)17-11-10-16(4,5)9-8-14(19)20/h12-13,17H,6-11H2,1-5H3,(H,18,21)(H,19,20). The molecule has 3 N–H and O–H groups in total. The summed E-state index contributed by atoms with van der Waals surface area (Å²) in [7, 11) is 0. The lowest BCUT2D eigenvalue weighted by molar-refractivity contribution is -0.137. The first-order valence-corrected chi connectivity index (χ1v) is 7.93. The third kappa shape index (κ3) is 10.3. The Morgan fingerprint density at radius 1 is 1.19 bits per heavy atom. The van der Waals surface area contributed by atoms with Crippen LogP contribution < -0.4 is 10.6 Å². The van der Waals surface area contributed by atoms with Gasteiger partial charge in [-0.15, -0.1) is 0 Å². The third-order valence-corrected chi connectivity index (χ3v) is 3.77. The summed E-state index contributed by atoms with van der Waals surface area (Å²) in [6.45, 7) is 10.8. The van der Waals surface area contributed by atoms with Gasteiger partial charge in [0.15, 0.2) is 0 Å². The number of hydrogen-bond acceptors (Lipinski definition) is 3. The van der Waals surface area contributed by atoms with Crippen LogP contribution in [0.25, 0.3) is 0 Å². The zero-order valence-corrected chi connectivity index (χ0v) is 14.2. The Hall–Kier alpha value is -1.10. The minimum atomic E-state index is -0.756. The average Bonchev–Trinajstić information content (AvgIpc) is 2.36. The first kappa shape index (κ1) is 19.9. The lowest BCUT2D eigenvalue weighted by Gasteiger charge is -2.25. The Morgan fingerprint density at radius 2 is 1.81 bits per heavy atom. The molecule has 0 aromatic rings. The highest BCUT2D eigenvalue weighted by atomic mass is 16.4. The highest BCUT2D eigenvalue weighted by Gasteiger charge is 2.20. The van der Waals surface area contributed by atoms with Gasteiger partial charge in [0.2, 0.25) is 5.91 Å². The Balaban J connectivity index is 3.99. The molecule has 5 heteroatoms. The van der Waals surface area contributed by atoms with E-state index in [0.29, 0.717) is 13.0 Å². The molecule has 2 atom stereocenters. The predicted molar refractivity (Wildman–Crippen MR) is 85.2 cm³/mol. The van der Waals surface area contributed by atoms with E-state index in [1.165, 1.54) is 0 Å². The highest BCUT2D eigenvalue weighted by Crippen LogP contribution is 2.26. The molecular weight excluding hydrogens is 268 g/mol. The normalized spacial score (nSPS) is 14.5. The highest BCUT2D eigenvalue weighted by molar-refractivity contribution is 5.81. The van der Waals surface area contributed by atoms with Crippen molar-refractivity contribution < 1.29 is 14.7 Å².